The zero-order valence-corrected chi connectivity index (χ0v) is 10.2. The number of carbonyl (C=O) groups is 2. The maximum absolute atomic E-state index is 13.3. The molecule has 0 fully saturated rings. The van der Waals surface area contributed by atoms with Crippen LogP contribution in [0.5, 0.6) is 0 Å². The lowest BCUT2D eigenvalue weighted by atomic mass is 9.99. The third kappa shape index (κ3) is 1.75. The van der Waals surface area contributed by atoms with Crippen LogP contribution in [0.4, 0.5) is 4.39 Å². The van der Waals surface area contributed by atoms with Gasteiger partial charge >= 0.3 is 0 Å². The maximum Gasteiger partial charge on any atom is 0.260 e. The second kappa shape index (κ2) is 3.97. The number of fused-ring (bicyclic) bond motifs is 1. The first kappa shape index (κ1) is 11.3. The van der Waals surface area contributed by atoms with E-state index in [0.717, 1.165) is 10.5 Å². The number of amides is 2. The van der Waals surface area contributed by atoms with Crippen LogP contribution >= 0.6 is 15.9 Å². The van der Waals surface area contributed by atoms with E-state index in [-0.39, 0.29) is 11.5 Å². The molecule has 5 heteroatoms. The molecule has 0 saturated heterocycles. The Bertz CT molecular complexity index is 487. The normalized spacial score (nSPS) is 14.9. The van der Waals surface area contributed by atoms with Gasteiger partial charge in [-0.3, -0.25) is 14.5 Å². The Morgan fingerprint density at radius 1 is 1.50 bits per heavy atom. The van der Waals surface area contributed by atoms with Gasteiger partial charge in [-0.05, 0) is 40.0 Å². The van der Waals surface area contributed by atoms with Crippen LogP contribution in [0.2, 0.25) is 0 Å². The molecule has 0 N–H and O–H groups in total. The number of rotatable bonds is 0. The Morgan fingerprint density at radius 3 is 2.81 bits per heavy atom. The van der Waals surface area contributed by atoms with Gasteiger partial charge in [-0.2, -0.15) is 0 Å². The molecule has 2 rings (SSSR count). The van der Waals surface area contributed by atoms with Gasteiger partial charge in [-0.15, -0.1) is 0 Å². The van der Waals surface area contributed by atoms with Crippen LogP contribution in [0.25, 0.3) is 0 Å². The standard InChI is InChI=1S/C11H9BrFNO2/c1-6(15)14-3-2-7-4-9(12)10(13)5-8(7)11(14)16/h4-5H,2-3H2,1H3. The Morgan fingerprint density at radius 2 is 2.19 bits per heavy atom. The van der Waals surface area contributed by atoms with Gasteiger partial charge in [-0.25, -0.2) is 4.39 Å². The lowest BCUT2D eigenvalue weighted by Gasteiger charge is -2.26. The van der Waals surface area contributed by atoms with Gasteiger partial charge in [0.1, 0.15) is 5.82 Å². The van der Waals surface area contributed by atoms with E-state index in [2.05, 4.69) is 15.9 Å². The van der Waals surface area contributed by atoms with Crippen LogP contribution in [0.1, 0.15) is 22.8 Å². The van der Waals surface area contributed by atoms with Crippen LogP contribution < -0.4 is 0 Å². The summed E-state index contributed by atoms with van der Waals surface area (Å²) in [5.41, 5.74) is 1.05. The number of benzene rings is 1. The summed E-state index contributed by atoms with van der Waals surface area (Å²) < 4.78 is 13.6. The van der Waals surface area contributed by atoms with E-state index in [1.54, 1.807) is 6.07 Å². The molecule has 0 aliphatic carbocycles. The first-order chi connectivity index (χ1) is 7.50. The molecule has 1 aliphatic rings. The van der Waals surface area contributed by atoms with E-state index in [1.165, 1.54) is 13.0 Å². The summed E-state index contributed by atoms with van der Waals surface area (Å²) in [6.45, 7) is 1.69. The number of hydrogen-bond donors (Lipinski definition) is 0. The van der Waals surface area contributed by atoms with Crippen molar-refractivity contribution in [2.24, 2.45) is 0 Å². The summed E-state index contributed by atoms with van der Waals surface area (Å²) in [6, 6.07) is 2.77. The molecule has 0 unspecified atom stereocenters. The van der Waals surface area contributed by atoms with Crippen LogP contribution in [-0.2, 0) is 11.2 Å². The first-order valence-electron chi connectivity index (χ1n) is 4.81. The molecule has 0 spiro atoms. The minimum Gasteiger partial charge on any atom is -0.278 e. The van der Waals surface area contributed by atoms with E-state index in [1.807, 2.05) is 0 Å². The lowest BCUT2D eigenvalue weighted by Crippen LogP contribution is -2.40. The fraction of sp³-hybridized carbons (Fsp3) is 0.273. The smallest absolute Gasteiger partial charge is 0.260 e. The van der Waals surface area contributed by atoms with Crippen molar-refractivity contribution >= 4 is 27.7 Å². The van der Waals surface area contributed by atoms with E-state index in [9.17, 15) is 14.0 Å². The van der Waals surface area contributed by atoms with E-state index in [0.29, 0.717) is 17.4 Å². The lowest BCUT2D eigenvalue weighted by molar-refractivity contribution is -0.126. The number of hydrogen-bond acceptors (Lipinski definition) is 2. The third-order valence-electron chi connectivity index (χ3n) is 2.61. The molecular weight excluding hydrogens is 277 g/mol. The molecule has 3 nitrogen and oxygen atoms in total. The van der Waals surface area contributed by atoms with Gasteiger partial charge < -0.3 is 0 Å². The Balaban J connectivity index is 2.49. The highest BCUT2D eigenvalue weighted by Gasteiger charge is 2.27. The van der Waals surface area contributed by atoms with E-state index in [4.69, 9.17) is 0 Å². The largest absolute Gasteiger partial charge is 0.278 e. The molecule has 1 heterocycles. The summed E-state index contributed by atoms with van der Waals surface area (Å²) >= 11 is 3.07. The predicted octanol–water partition coefficient (Wildman–Crippen LogP) is 2.13. The summed E-state index contributed by atoms with van der Waals surface area (Å²) in [4.78, 5) is 24.2. The van der Waals surface area contributed by atoms with Gasteiger partial charge in [0.2, 0.25) is 5.91 Å². The number of imide groups is 1. The average Bonchev–Trinajstić information content (AvgIpc) is 2.21. The Hall–Kier alpha value is -1.23. The van der Waals surface area contributed by atoms with Crippen molar-refractivity contribution in [1.82, 2.24) is 4.90 Å². The van der Waals surface area contributed by atoms with Gasteiger partial charge in [0.25, 0.3) is 5.91 Å². The molecule has 2 amide bonds. The quantitative estimate of drug-likeness (QED) is 0.732. The van der Waals surface area contributed by atoms with Crippen LogP contribution in [0.15, 0.2) is 16.6 Å². The highest BCUT2D eigenvalue weighted by Crippen LogP contribution is 2.25. The van der Waals surface area contributed by atoms with Crippen molar-refractivity contribution in [3.63, 3.8) is 0 Å². The molecule has 1 aliphatic heterocycles. The van der Waals surface area contributed by atoms with Crippen LogP contribution in [0, 0.1) is 5.82 Å². The highest BCUT2D eigenvalue weighted by atomic mass is 79.9. The molecule has 0 bridgehead atoms. The molecule has 0 radical (unpaired) electrons. The second-order valence-corrected chi connectivity index (χ2v) is 4.50. The third-order valence-corrected chi connectivity index (χ3v) is 3.21. The van der Waals surface area contributed by atoms with E-state index >= 15 is 0 Å². The van der Waals surface area contributed by atoms with Crippen molar-refractivity contribution in [3.05, 3.63) is 33.5 Å². The SMILES string of the molecule is CC(=O)N1CCc2cc(Br)c(F)cc2C1=O. The minimum atomic E-state index is -0.488. The minimum absolute atomic E-state index is 0.280. The van der Waals surface area contributed by atoms with Gasteiger partial charge in [0.15, 0.2) is 0 Å². The van der Waals surface area contributed by atoms with Gasteiger partial charge in [-0.1, -0.05) is 0 Å². The summed E-state index contributed by atoms with van der Waals surface area (Å²) in [6.07, 6.45) is 0.569. The van der Waals surface area contributed by atoms with Crippen molar-refractivity contribution in [3.8, 4) is 0 Å². The fourth-order valence-corrected chi connectivity index (χ4v) is 2.16. The molecule has 84 valence electrons. The summed E-state index contributed by atoms with van der Waals surface area (Å²) in [5, 5.41) is 0. The van der Waals surface area contributed by atoms with Crippen molar-refractivity contribution < 1.29 is 14.0 Å². The molecule has 1 aromatic rings. The Kier molecular flexibility index (Phi) is 2.80. The second-order valence-electron chi connectivity index (χ2n) is 3.65. The zero-order chi connectivity index (χ0) is 11.9. The number of nitrogens with zero attached hydrogens (tertiary/aromatic N) is 1. The molecule has 0 saturated carbocycles. The summed E-state index contributed by atoms with van der Waals surface area (Å²) in [5.74, 6) is -1.21. The zero-order valence-electron chi connectivity index (χ0n) is 8.59. The monoisotopic (exact) mass is 285 g/mol. The topological polar surface area (TPSA) is 37.4 Å². The molecule has 0 atom stereocenters. The fourth-order valence-electron chi connectivity index (χ4n) is 1.77. The average molecular weight is 286 g/mol. The molecular formula is C11H9BrFNO2. The van der Waals surface area contributed by atoms with Gasteiger partial charge in [0.05, 0.1) is 4.47 Å². The first-order valence-corrected chi connectivity index (χ1v) is 5.60. The van der Waals surface area contributed by atoms with E-state index < -0.39 is 11.7 Å². The number of carbonyl (C=O) groups excluding carboxylic acids is 2. The highest BCUT2D eigenvalue weighted by molar-refractivity contribution is 9.10. The van der Waals surface area contributed by atoms with Crippen LogP contribution in [-0.4, -0.2) is 23.3 Å². The summed E-state index contributed by atoms with van der Waals surface area (Å²) in [7, 11) is 0. The maximum atomic E-state index is 13.3. The molecule has 0 aromatic heterocycles. The van der Waals surface area contributed by atoms with Crippen molar-refractivity contribution in [1.29, 1.82) is 0 Å². The molecule has 1 aromatic carbocycles. The predicted molar refractivity (Wildman–Crippen MR) is 59.5 cm³/mol. The van der Waals surface area contributed by atoms with Crippen molar-refractivity contribution in [2.45, 2.75) is 13.3 Å². The number of halogens is 2. The molecule has 16 heavy (non-hydrogen) atoms. The van der Waals surface area contributed by atoms with Gasteiger partial charge in [0, 0.05) is 19.0 Å². The van der Waals surface area contributed by atoms with Crippen molar-refractivity contribution in [2.75, 3.05) is 6.54 Å². The Labute approximate surface area is 100 Å². The van der Waals surface area contributed by atoms with Crippen LogP contribution in [0.3, 0.4) is 0 Å².